The molecule has 1 aliphatic rings. The molecular formula is C21H27FN2O3S. The van der Waals surface area contributed by atoms with E-state index in [1.165, 1.54) is 6.07 Å². The van der Waals surface area contributed by atoms with Crippen molar-refractivity contribution in [3.8, 4) is 0 Å². The number of rotatable bonds is 8. The van der Waals surface area contributed by atoms with E-state index < -0.39 is 6.23 Å². The van der Waals surface area contributed by atoms with Crippen LogP contribution in [0.15, 0.2) is 12.1 Å². The van der Waals surface area contributed by atoms with Gasteiger partial charge in [0.25, 0.3) is 0 Å². The number of nitrogens with zero attached hydrogens (tertiary/aromatic N) is 2. The fourth-order valence-corrected chi connectivity index (χ4v) is 4.32. The van der Waals surface area contributed by atoms with Crippen LogP contribution in [0.4, 0.5) is 4.39 Å². The van der Waals surface area contributed by atoms with Gasteiger partial charge in [0.2, 0.25) is 5.91 Å². The Balaban J connectivity index is 2.09. The largest absolute Gasteiger partial charge is 0.396 e. The fraction of sp³-hybridized carbons (Fsp3) is 0.524. The number of thioether (sulfide) groups is 1. The summed E-state index contributed by atoms with van der Waals surface area (Å²) in [5.41, 5.74) is 4.00. The lowest BCUT2D eigenvalue weighted by atomic mass is 9.95. The van der Waals surface area contributed by atoms with Crippen molar-refractivity contribution >= 4 is 28.6 Å². The van der Waals surface area contributed by atoms with Crippen LogP contribution in [0.5, 0.6) is 0 Å². The summed E-state index contributed by atoms with van der Waals surface area (Å²) >= 11 is 1.83. The van der Waals surface area contributed by atoms with Gasteiger partial charge in [0.1, 0.15) is 5.82 Å². The van der Waals surface area contributed by atoms with Crippen molar-refractivity contribution in [2.45, 2.75) is 45.4 Å². The normalized spacial score (nSPS) is 16.0. The Hall–Kier alpha value is -1.70. The van der Waals surface area contributed by atoms with E-state index in [9.17, 15) is 9.18 Å². The highest BCUT2D eigenvalue weighted by molar-refractivity contribution is 7.98. The molecule has 0 bridgehead atoms. The molecule has 1 unspecified atom stereocenters. The molecule has 0 saturated heterocycles. The molecule has 1 N–H and O–H groups in total. The molecule has 1 amide bonds. The third-order valence-electron chi connectivity index (χ3n) is 5.26. The molecular weight excluding hydrogens is 379 g/mol. The number of hydrogen-bond donors (Lipinski definition) is 1. The van der Waals surface area contributed by atoms with Gasteiger partial charge in [0.05, 0.1) is 30.8 Å². The number of carbonyl (C=O) groups is 1. The summed E-state index contributed by atoms with van der Waals surface area (Å²) in [6.45, 7) is 1.96. The lowest BCUT2D eigenvalue weighted by Gasteiger charge is -2.22. The summed E-state index contributed by atoms with van der Waals surface area (Å²) in [6.07, 6.45) is 4.51. The molecule has 3 rings (SSSR count). The van der Waals surface area contributed by atoms with E-state index in [0.717, 1.165) is 41.5 Å². The first-order valence-corrected chi connectivity index (χ1v) is 10.9. The summed E-state index contributed by atoms with van der Waals surface area (Å²) in [5.74, 6) is 0.640. The van der Waals surface area contributed by atoms with Gasteiger partial charge in [-0.05, 0) is 55.4 Å². The molecule has 0 saturated carbocycles. The van der Waals surface area contributed by atoms with E-state index in [-0.39, 0.29) is 24.8 Å². The highest BCUT2D eigenvalue weighted by Gasteiger charge is 2.37. The number of carbonyl (C=O) groups excluding carboxylic acids is 1. The van der Waals surface area contributed by atoms with E-state index in [2.05, 4.69) is 11.2 Å². The van der Waals surface area contributed by atoms with Crippen LogP contribution in [0, 0.1) is 12.7 Å². The minimum absolute atomic E-state index is 0.0458. The third kappa shape index (κ3) is 4.02. The molecule has 1 aliphatic heterocycles. The maximum absolute atomic E-state index is 14.2. The van der Waals surface area contributed by atoms with Gasteiger partial charge in [-0.15, -0.1) is 0 Å². The number of halogens is 1. The van der Waals surface area contributed by atoms with Gasteiger partial charge in [0, 0.05) is 24.1 Å². The summed E-state index contributed by atoms with van der Waals surface area (Å²) in [6, 6.07) is 3.34. The minimum Gasteiger partial charge on any atom is -0.396 e. The van der Waals surface area contributed by atoms with E-state index in [1.54, 1.807) is 18.9 Å². The van der Waals surface area contributed by atoms with Crippen LogP contribution in [0.3, 0.4) is 0 Å². The van der Waals surface area contributed by atoms with Crippen molar-refractivity contribution in [2.24, 2.45) is 0 Å². The van der Waals surface area contributed by atoms with Gasteiger partial charge in [0.15, 0.2) is 6.23 Å². The van der Waals surface area contributed by atoms with Crippen LogP contribution < -0.4 is 0 Å². The van der Waals surface area contributed by atoms with Crippen molar-refractivity contribution in [2.75, 3.05) is 25.7 Å². The van der Waals surface area contributed by atoms with Crippen LogP contribution in [-0.2, 0) is 22.5 Å². The Morgan fingerprint density at radius 3 is 2.89 bits per heavy atom. The van der Waals surface area contributed by atoms with Gasteiger partial charge in [-0.3, -0.25) is 4.79 Å². The number of unbranched alkanes of at least 4 members (excludes halogenated alkanes) is 1. The number of pyridine rings is 1. The SMILES string of the molecule is COC1c2nc3cc(F)c(C)cc3c(CCCCSC)c2CN1C(=O)CCO. The number of aromatic nitrogens is 1. The van der Waals surface area contributed by atoms with Crippen molar-refractivity contribution in [3.63, 3.8) is 0 Å². The first kappa shape index (κ1) is 21.0. The second kappa shape index (κ2) is 9.20. The molecule has 1 atom stereocenters. The van der Waals surface area contributed by atoms with E-state index >= 15 is 0 Å². The molecule has 7 heteroatoms. The van der Waals surface area contributed by atoms with Gasteiger partial charge >= 0.3 is 0 Å². The topological polar surface area (TPSA) is 62.7 Å². The molecule has 2 heterocycles. The van der Waals surface area contributed by atoms with Crippen LogP contribution in [0.1, 0.15) is 47.9 Å². The number of benzene rings is 1. The maximum Gasteiger partial charge on any atom is 0.227 e. The number of hydrogen-bond acceptors (Lipinski definition) is 5. The second-order valence-electron chi connectivity index (χ2n) is 7.11. The quantitative estimate of drug-likeness (QED) is 0.677. The lowest BCUT2D eigenvalue weighted by molar-refractivity contribution is -0.144. The zero-order chi connectivity index (χ0) is 20.3. The second-order valence-corrected chi connectivity index (χ2v) is 8.09. The average Bonchev–Trinajstić information content (AvgIpc) is 3.04. The van der Waals surface area contributed by atoms with Gasteiger partial charge in [-0.1, -0.05) is 0 Å². The van der Waals surface area contributed by atoms with E-state index in [0.29, 0.717) is 23.3 Å². The monoisotopic (exact) mass is 406 g/mol. The number of ether oxygens (including phenoxy) is 1. The molecule has 152 valence electrons. The van der Waals surface area contributed by atoms with Crippen LogP contribution >= 0.6 is 11.8 Å². The summed E-state index contributed by atoms with van der Waals surface area (Å²) in [7, 11) is 1.54. The zero-order valence-electron chi connectivity index (χ0n) is 16.6. The first-order valence-electron chi connectivity index (χ1n) is 9.55. The van der Waals surface area contributed by atoms with Crippen LogP contribution in [-0.4, -0.2) is 46.6 Å². The summed E-state index contributed by atoms with van der Waals surface area (Å²) < 4.78 is 19.8. The number of aliphatic hydroxyl groups is 1. The Bertz CT molecular complexity index is 875. The molecule has 0 spiro atoms. The smallest absolute Gasteiger partial charge is 0.227 e. The van der Waals surface area contributed by atoms with Crippen molar-refractivity contribution in [3.05, 3.63) is 40.3 Å². The van der Waals surface area contributed by atoms with Crippen LogP contribution in [0.25, 0.3) is 10.9 Å². The van der Waals surface area contributed by atoms with Gasteiger partial charge in [-0.2, -0.15) is 11.8 Å². The number of aryl methyl sites for hydroxylation is 2. The minimum atomic E-state index is -0.604. The van der Waals surface area contributed by atoms with Crippen molar-refractivity contribution < 1.29 is 19.0 Å². The summed E-state index contributed by atoms with van der Waals surface area (Å²) in [4.78, 5) is 18.8. The number of aliphatic hydroxyl groups excluding tert-OH is 1. The Labute approximate surface area is 169 Å². The van der Waals surface area contributed by atoms with E-state index in [1.807, 2.05) is 17.8 Å². The summed E-state index contributed by atoms with van der Waals surface area (Å²) in [5, 5.41) is 10.1. The van der Waals surface area contributed by atoms with Crippen LogP contribution in [0.2, 0.25) is 0 Å². The van der Waals surface area contributed by atoms with E-state index in [4.69, 9.17) is 9.84 Å². The number of amides is 1. The van der Waals surface area contributed by atoms with Crippen molar-refractivity contribution in [1.82, 2.24) is 9.88 Å². The first-order chi connectivity index (χ1) is 13.5. The zero-order valence-corrected chi connectivity index (χ0v) is 17.4. The molecule has 0 radical (unpaired) electrons. The van der Waals surface area contributed by atoms with Gasteiger partial charge < -0.3 is 14.7 Å². The molecule has 28 heavy (non-hydrogen) atoms. The molecule has 1 aromatic heterocycles. The average molecular weight is 407 g/mol. The Morgan fingerprint density at radius 2 is 2.21 bits per heavy atom. The molecule has 2 aromatic rings. The highest BCUT2D eigenvalue weighted by Crippen LogP contribution is 2.39. The predicted octanol–water partition coefficient (Wildman–Crippen LogP) is 3.74. The number of fused-ring (bicyclic) bond motifs is 2. The molecule has 0 fully saturated rings. The Kier molecular flexibility index (Phi) is 6.91. The van der Waals surface area contributed by atoms with Crippen molar-refractivity contribution in [1.29, 1.82) is 0 Å². The molecule has 0 aliphatic carbocycles. The lowest BCUT2D eigenvalue weighted by Crippen LogP contribution is -2.31. The predicted molar refractivity (Wildman–Crippen MR) is 110 cm³/mol. The number of methoxy groups -OCH3 is 1. The highest BCUT2D eigenvalue weighted by atomic mass is 32.2. The molecule has 1 aromatic carbocycles. The fourth-order valence-electron chi connectivity index (χ4n) is 3.83. The molecule has 5 nitrogen and oxygen atoms in total. The van der Waals surface area contributed by atoms with Gasteiger partial charge in [-0.25, -0.2) is 9.37 Å². The maximum atomic E-state index is 14.2. The third-order valence-corrected chi connectivity index (χ3v) is 5.95. The standard InChI is InChI=1S/C21H27FN2O3S/c1-13-10-15-14(6-4-5-9-28-3)16-12-24(19(26)7-8-25)21(27-2)20(16)23-18(15)11-17(13)22/h10-11,21,25H,4-9,12H2,1-3H3. The Morgan fingerprint density at radius 1 is 1.43 bits per heavy atom.